The first-order valence-electron chi connectivity index (χ1n) is 10.6. The summed E-state index contributed by atoms with van der Waals surface area (Å²) in [6.07, 6.45) is 0.443. The Bertz CT molecular complexity index is 1120. The third-order valence-corrected chi connectivity index (χ3v) is 5.66. The van der Waals surface area contributed by atoms with Crippen molar-refractivity contribution in [3.05, 3.63) is 69.8 Å². The molecule has 1 saturated heterocycles. The number of hydrogen-bond donors (Lipinski definition) is 0. The predicted octanol–water partition coefficient (Wildman–Crippen LogP) is 2.09. The van der Waals surface area contributed by atoms with Crippen molar-refractivity contribution >= 4 is 11.7 Å². The number of aryl methyl sites for hydroxylation is 4. The number of piperazine rings is 1. The lowest BCUT2D eigenvalue weighted by Crippen LogP contribution is -2.49. The van der Waals surface area contributed by atoms with Crippen LogP contribution >= 0.6 is 0 Å². The van der Waals surface area contributed by atoms with Crippen LogP contribution in [-0.2, 0) is 11.3 Å². The van der Waals surface area contributed by atoms with E-state index in [1.807, 2.05) is 60.7 Å². The summed E-state index contributed by atoms with van der Waals surface area (Å²) in [6.45, 7) is 9.22. The standard InChI is InChI=1S/C23H28N6O2/c1-17-4-6-20(7-5-17)29-23(31)9-8-21(25-29)26-12-14-27(15-13-26)22(30)10-11-28-19(3)16-18(2)24-28/h4-9,16H,10-15H2,1-3H3. The lowest BCUT2D eigenvalue weighted by atomic mass is 10.2. The van der Waals surface area contributed by atoms with Gasteiger partial charge in [-0.15, -0.1) is 5.10 Å². The summed E-state index contributed by atoms with van der Waals surface area (Å²) in [4.78, 5) is 29.0. The largest absolute Gasteiger partial charge is 0.352 e. The smallest absolute Gasteiger partial charge is 0.271 e. The van der Waals surface area contributed by atoms with Gasteiger partial charge in [-0.2, -0.15) is 9.78 Å². The fourth-order valence-electron chi connectivity index (χ4n) is 3.89. The second-order valence-corrected chi connectivity index (χ2v) is 8.05. The molecule has 8 heteroatoms. The normalized spacial score (nSPS) is 14.2. The van der Waals surface area contributed by atoms with Gasteiger partial charge in [0.05, 0.1) is 11.4 Å². The van der Waals surface area contributed by atoms with E-state index < -0.39 is 0 Å². The van der Waals surface area contributed by atoms with Gasteiger partial charge in [0.1, 0.15) is 5.82 Å². The number of anilines is 1. The van der Waals surface area contributed by atoms with E-state index >= 15 is 0 Å². The van der Waals surface area contributed by atoms with E-state index in [0.29, 0.717) is 39.1 Å². The van der Waals surface area contributed by atoms with E-state index in [4.69, 9.17) is 0 Å². The highest BCUT2D eigenvalue weighted by molar-refractivity contribution is 5.76. The van der Waals surface area contributed by atoms with Crippen LogP contribution in [0.1, 0.15) is 23.4 Å². The van der Waals surface area contributed by atoms with Crippen LogP contribution in [0.5, 0.6) is 0 Å². The Balaban J connectivity index is 1.38. The second-order valence-electron chi connectivity index (χ2n) is 8.05. The first-order valence-corrected chi connectivity index (χ1v) is 10.6. The Labute approximate surface area is 181 Å². The van der Waals surface area contributed by atoms with Gasteiger partial charge in [0, 0.05) is 50.9 Å². The molecular formula is C23H28N6O2. The van der Waals surface area contributed by atoms with Gasteiger partial charge in [0.25, 0.3) is 5.56 Å². The van der Waals surface area contributed by atoms with Gasteiger partial charge in [-0.05, 0) is 45.0 Å². The van der Waals surface area contributed by atoms with E-state index in [2.05, 4.69) is 15.1 Å². The van der Waals surface area contributed by atoms with Crippen molar-refractivity contribution in [1.29, 1.82) is 0 Å². The molecule has 0 atom stereocenters. The van der Waals surface area contributed by atoms with E-state index in [0.717, 1.165) is 28.5 Å². The molecule has 0 N–H and O–H groups in total. The summed E-state index contributed by atoms with van der Waals surface area (Å²) < 4.78 is 3.32. The summed E-state index contributed by atoms with van der Waals surface area (Å²) in [5, 5.41) is 8.99. The fraction of sp³-hybridized carbons (Fsp3) is 0.391. The minimum Gasteiger partial charge on any atom is -0.352 e. The molecule has 31 heavy (non-hydrogen) atoms. The van der Waals surface area contributed by atoms with E-state index in [1.54, 1.807) is 12.1 Å². The number of rotatable bonds is 5. The van der Waals surface area contributed by atoms with Gasteiger partial charge in [0.15, 0.2) is 0 Å². The zero-order valence-corrected chi connectivity index (χ0v) is 18.3. The molecule has 0 bridgehead atoms. The van der Waals surface area contributed by atoms with Crippen LogP contribution in [0.4, 0.5) is 5.82 Å². The van der Waals surface area contributed by atoms with Crippen LogP contribution in [0.25, 0.3) is 5.69 Å². The molecule has 4 rings (SSSR count). The number of carbonyl (C=O) groups is 1. The van der Waals surface area contributed by atoms with E-state index in [1.165, 1.54) is 4.68 Å². The van der Waals surface area contributed by atoms with Crippen molar-refractivity contribution in [1.82, 2.24) is 24.5 Å². The van der Waals surface area contributed by atoms with Crippen LogP contribution in [0, 0.1) is 20.8 Å². The molecule has 0 spiro atoms. The van der Waals surface area contributed by atoms with Crippen LogP contribution < -0.4 is 10.5 Å². The Hall–Kier alpha value is -3.42. The number of carbonyl (C=O) groups excluding carboxylic acids is 1. The molecule has 0 radical (unpaired) electrons. The summed E-state index contributed by atoms with van der Waals surface area (Å²) in [5.41, 5.74) is 3.76. The molecule has 3 heterocycles. The molecular weight excluding hydrogens is 392 g/mol. The van der Waals surface area contributed by atoms with Crippen molar-refractivity contribution in [2.24, 2.45) is 0 Å². The van der Waals surface area contributed by atoms with Gasteiger partial charge in [-0.3, -0.25) is 14.3 Å². The number of nitrogens with zero attached hydrogens (tertiary/aromatic N) is 6. The average molecular weight is 421 g/mol. The third-order valence-electron chi connectivity index (χ3n) is 5.66. The molecule has 1 aliphatic rings. The molecule has 0 saturated carbocycles. The van der Waals surface area contributed by atoms with Gasteiger partial charge in [-0.25, -0.2) is 0 Å². The Kier molecular flexibility index (Phi) is 5.88. The fourth-order valence-corrected chi connectivity index (χ4v) is 3.89. The molecule has 1 aliphatic heterocycles. The molecule has 2 aromatic heterocycles. The Morgan fingerprint density at radius 1 is 0.935 bits per heavy atom. The topological polar surface area (TPSA) is 76.3 Å². The quantitative estimate of drug-likeness (QED) is 0.632. The highest BCUT2D eigenvalue weighted by Crippen LogP contribution is 2.15. The molecule has 1 fully saturated rings. The molecule has 162 valence electrons. The SMILES string of the molecule is Cc1ccc(-n2nc(N3CCN(C(=O)CCn4nc(C)cc4C)CC3)ccc2=O)cc1. The van der Waals surface area contributed by atoms with Gasteiger partial charge in [-0.1, -0.05) is 17.7 Å². The Morgan fingerprint density at radius 3 is 2.29 bits per heavy atom. The van der Waals surface area contributed by atoms with Crippen LogP contribution in [0.2, 0.25) is 0 Å². The number of amides is 1. The highest BCUT2D eigenvalue weighted by atomic mass is 16.2. The maximum absolute atomic E-state index is 12.6. The molecule has 3 aromatic rings. The monoisotopic (exact) mass is 420 g/mol. The maximum Gasteiger partial charge on any atom is 0.271 e. The van der Waals surface area contributed by atoms with E-state index in [9.17, 15) is 9.59 Å². The lowest BCUT2D eigenvalue weighted by Gasteiger charge is -2.35. The second kappa shape index (κ2) is 8.75. The van der Waals surface area contributed by atoms with Crippen LogP contribution in [0.3, 0.4) is 0 Å². The maximum atomic E-state index is 12.6. The van der Waals surface area contributed by atoms with Gasteiger partial charge >= 0.3 is 0 Å². The minimum atomic E-state index is -0.162. The summed E-state index contributed by atoms with van der Waals surface area (Å²) in [6, 6.07) is 13.0. The first kappa shape index (κ1) is 20.8. The molecule has 8 nitrogen and oxygen atoms in total. The lowest BCUT2D eigenvalue weighted by molar-refractivity contribution is -0.131. The minimum absolute atomic E-state index is 0.143. The zero-order chi connectivity index (χ0) is 22.0. The van der Waals surface area contributed by atoms with Crippen molar-refractivity contribution in [2.45, 2.75) is 33.7 Å². The molecule has 0 aliphatic carbocycles. The summed E-state index contributed by atoms with van der Waals surface area (Å²) in [7, 11) is 0. The number of hydrogen-bond acceptors (Lipinski definition) is 5. The average Bonchev–Trinajstić information content (AvgIpc) is 3.10. The van der Waals surface area contributed by atoms with Crippen molar-refractivity contribution in [3.63, 3.8) is 0 Å². The highest BCUT2D eigenvalue weighted by Gasteiger charge is 2.22. The number of aromatic nitrogens is 4. The van der Waals surface area contributed by atoms with Gasteiger partial charge in [0.2, 0.25) is 5.91 Å². The van der Waals surface area contributed by atoms with Crippen molar-refractivity contribution in [3.8, 4) is 5.69 Å². The van der Waals surface area contributed by atoms with Crippen molar-refractivity contribution in [2.75, 3.05) is 31.1 Å². The molecule has 1 amide bonds. The molecule has 0 unspecified atom stereocenters. The summed E-state index contributed by atoms with van der Waals surface area (Å²) >= 11 is 0. The van der Waals surface area contributed by atoms with Crippen molar-refractivity contribution < 1.29 is 4.79 Å². The Morgan fingerprint density at radius 2 is 1.65 bits per heavy atom. The van der Waals surface area contributed by atoms with Crippen LogP contribution in [-0.4, -0.2) is 56.5 Å². The third kappa shape index (κ3) is 4.68. The predicted molar refractivity (Wildman–Crippen MR) is 120 cm³/mol. The first-order chi connectivity index (χ1) is 14.9. The zero-order valence-electron chi connectivity index (χ0n) is 18.3. The summed E-state index contributed by atoms with van der Waals surface area (Å²) in [5.74, 6) is 0.889. The van der Waals surface area contributed by atoms with Crippen LogP contribution in [0.15, 0.2) is 47.3 Å². The number of benzene rings is 1. The van der Waals surface area contributed by atoms with Gasteiger partial charge < -0.3 is 9.80 Å². The van der Waals surface area contributed by atoms with E-state index in [-0.39, 0.29) is 11.5 Å². The molecule has 1 aromatic carbocycles.